The number of nitrogens with one attached hydrogen (secondary N) is 1. The van der Waals surface area contributed by atoms with E-state index in [1.54, 1.807) is 7.11 Å². The molecule has 6 nitrogen and oxygen atoms in total. The number of amides is 1. The van der Waals surface area contributed by atoms with Crippen LogP contribution in [-0.2, 0) is 11.2 Å². The van der Waals surface area contributed by atoms with Crippen LogP contribution in [0.4, 0.5) is 5.69 Å². The third-order valence-electron chi connectivity index (χ3n) is 7.45. The van der Waals surface area contributed by atoms with Gasteiger partial charge in [-0.2, -0.15) is 0 Å². The van der Waals surface area contributed by atoms with Gasteiger partial charge < -0.3 is 24.4 Å². The highest BCUT2D eigenvalue weighted by molar-refractivity contribution is 5.94. The second kappa shape index (κ2) is 12.9. The molecule has 1 fully saturated rings. The van der Waals surface area contributed by atoms with Gasteiger partial charge in [0, 0.05) is 68.0 Å². The second-order valence-corrected chi connectivity index (χ2v) is 10.00. The molecule has 1 N–H and O–H groups in total. The summed E-state index contributed by atoms with van der Waals surface area (Å²) in [5.41, 5.74) is 3.55. The number of benzene rings is 2. The van der Waals surface area contributed by atoms with E-state index in [2.05, 4.69) is 59.1 Å². The van der Waals surface area contributed by atoms with E-state index >= 15 is 0 Å². The van der Waals surface area contributed by atoms with Gasteiger partial charge in [-0.1, -0.05) is 31.5 Å². The SMILES string of the molecule is CCCC(C)N(C(=O)CCN1CCN(CCCc2c[nH]c3ccc(OC)cc23)CC1)c1ccccc1. The number of fused-ring (bicyclic) bond motifs is 1. The maximum atomic E-state index is 13.2. The Labute approximate surface area is 216 Å². The quantitative estimate of drug-likeness (QED) is 0.372. The van der Waals surface area contributed by atoms with Crippen molar-refractivity contribution in [3.8, 4) is 5.75 Å². The van der Waals surface area contributed by atoms with Crippen molar-refractivity contribution in [3.63, 3.8) is 0 Å². The average molecular weight is 491 g/mol. The monoisotopic (exact) mass is 490 g/mol. The standard InChI is InChI=1S/C30H42N4O2/c1-4-9-24(2)34(26-11-6-5-7-12-26)30(35)15-17-33-20-18-32(19-21-33)16-8-10-25-23-31-29-14-13-27(36-3)22-28(25)29/h5-7,11-14,22-24,31H,4,8-10,15-21H2,1-3H3. The van der Waals surface area contributed by atoms with Crippen LogP contribution in [0.15, 0.2) is 54.7 Å². The summed E-state index contributed by atoms with van der Waals surface area (Å²) < 4.78 is 5.40. The summed E-state index contributed by atoms with van der Waals surface area (Å²) in [4.78, 5) is 23.6. The lowest BCUT2D eigenvalue weighted by Crippen LogP contribution is -2.48. The van der Waals surface area contributed by atoms with Gasteiger partial charge in [0.15, 0.2) is 0 Å². The van der Waals surface area contributed by atoms with E-state index < -0.39 is 0 Å². The fourth-order valence-electron chi connectivity index (χ4n) is 5.37. The molecular formula is C30H42N4O2. The smallest absolute Gasteiger partial charge is 0.228 e. The van der Waals surface area contributed by atoms with Crippen LogP contribution >= 0.6 is 0 Å². The lowest BCUT2D eigenvalue weighted by molar-refractivity contribution is -0.119. The van der Waals surface area contributed by atoms with E-state index in [-0.39, 0.29) is 11.9 Å². The third-order valence-corrected chi connectivity index (χ3v) is 7.45. The van der Waals surface area contributed by atoms with E-state index in [4.69, 9.17) is 4.74 Å². The van der Waals surface area contributed by atoms with Gasteiger partial charge in [-0.05, 0) is 68.6 Å². The molecule has 1 aromatic heterocycles. The molecular weight excluding hydrogens is 448 g/mol. The minimum absolute atomic E-state index is 0.222. The van der Waals surface area contributed by atoms with Crippen molar-refractivity contribution in [2.75, 3.05) is 51.3 Å². The second-order valence-electron chi connectivity index (χ2n) is 10.00. The number of aryl methyl sites for hydroxylation is 1. The van der Waals surface area contributed by atoms with Crippen molar-refractivity contribution < 1.29 is 9.53 Å². The van der Waals surface area contributed by atoms with Gasteiger partial charge in [-0.25, -0.2) is 0 Å². The van der Waals surface area contributed by atoms with Gasteiger partial charge in [0.1, 0.15) is 5.75 Å². The minimum Gasteiger partial charge on any atom is -0.497 e. The molecule has 2 aromatic carbocycles. The van der Waals surface area contributed by atoms with Crippen LogP contribution in [0.5, 0.6) is 5.75 Å². The number of aromatic nitrogens is 1. The summed E-state index contributed by atoms with van der Waals surface area (Å²) in [5.74, 6) is 1.14. The van der Waals surface area contributed by atoms with Crippen LogP contribution in [0.3, 0.4) is 0 Å². The first-order valence-corrected chi connectivity index (χ1v) is 13.5. The van der Waals surface area contributed by atoms with Crippen LogP contribution in [0.1, 0.15) is 45.1 Å². The number of hydrogen-bond donors (Lipinski definition) is 1. The lowest BCUT2D eigenvalue weighted by Gasteiger charge is -2.35. The molecule has 0 saturated carbocycles. The van der Waals surface area contributed by atoms with Crippen LogP contribution in [0.2, 0.25) is 0 Å². The molecule has 1 unspecified atom stereocenters. The molecule has 4 rings (SSSR count). The highest BCUT2D eigenvalue weighted by atomic mass is 16.5. The number of carbonyl (C=O) groups is 1. The Morgan fingerprint density at radius 3 is 2.47 bits per heavy atom. The number of methoxy groups -OCH3 is 1. The molecule has 36 heavy (non-hydrogen) atoms. The van der Waals surface area contributed by atoms with E-state index in [0.717, 1.165) is 76.4 Å². The summed E-state index contributed by atoms with van der Waals surface area (Å²) in [7, 11) is 1.72. The van der Waals surface area contributed by atoms with Crippen molar-refractivity contribution in [3.05, 3.63) is 60.3 Å². The molecule has 1 saturated heterocycles. The Balaban J connectivity index is 1.21. The summed E-state index contributed by atoms with van der Waals surface area (Å²) >= 11 is 0. The number of nitrogens with zero attached hydrogens (tertiary/aromatic N) is 3. The van der Waals surface area contributed by atoms with Gasteiger partial charge in [-0.3, -0.25) is 4.79 Å². The number of H-pyrrole nitrogens is 1. The third kappa shape index (κ3) is 6.68. The van der Waals surface area contributed by atoms with Gasteiger partial charge in [0.25, 0.3) is 0 Å². The molecule has 2 heterocycles. The van der Waals surface area contributed by atoms with Crippen LogP contribution < -0.4 is 9.64 Å². The van der Waals surface area contributed by atoms with Crippen LogP contribution in [-0.4, -0.2) is 73.1 Å². The number of carbonyl (C=O) groups excluding carboxylic acids is 1. The fourth-order valence-corrected chi connectivity index (χ4v) is 5.37. The van der Waals surface area contributed by atoms with Gasteiger partial charge in [0.05, 0.1) is 7.11 Å². The summed E-state index contributed by atoms with van der Waals surface area (Å²) in [5, 5.41) is 1.27. The number of rotatable bonds is 12. The normalized spacial score (nSPS) is 15.8. The van der Waals surface area contributed by atoms with Crippen molar-refractivity contribution in [1.82, 2.24) is 14.8 Å². The molecule has 1 aliphatic heterocycles. The summed E-state index contributed by atoms with van der Waals surface area (Å²) in [6, 6.07) is 16.6. The molecule has 1 amide bonds. The van der Waals surface area contributed by atoms with Crippen molar-refractivity contribution in [2.24, 2.45) is 0 Å². The van der Waals surface area contributed by atoms with Crippen LogP contribution in [0, 0.1) is 0 Å². The van der Waals surface area contributed by atoms with Gasteiger partial charge in [0.2, 0.25) is 5.91 Å². The Morgan fingerprint density at radius 1 is 1.06 bits per heavy atom. The Morgan fingerprint density at radius 2 is 1.78 bits per heavy atom. The van der Waals surface area contributed by atoms with E-state index in [9.17, 15) is 4.79 Å². The Hall–Kier alpha value is -2.83. The summed E-state index contributed by atoms with van der Waals surface area (Å²) in [6.07, 6.45) is 7.02. The first-order chi connectivity index (χ1) is 17.6. The predicted octanol–water partition coefficient (Wildman–Crippen LogP) is 5.34. The topological polar surface area (TPSA) is 51.8 Å². The van der Waals surface area contributed by atoms with Crippen molar-refractivity contribution in [1.29, 1.82) is 0 Å². The summed E-state index contributed by atoms with van der Waals surface area (Å²) in [6.45, 7) is 10.5. The molecule has 0 spiro atoms. The van der Waals surface area contributed by atoms with E-state index in [0.29, 0.717) is 6.42 Å². The number of anilines is 1. The zero-order valence-corrected chi connectivity index (χ0v) is 22.2. The van der Waals surface area contributed by atoms with E-state index in [1.807, 2.05) is 29.2 Å². The zero-order valence-electron chi connectivity index (χ0n) is 22.2. The number of para-hydroxylation sites is 1. The van der Waals surface area contributed by atoms with Gasteiger partial charge >= 0.3 is 0 Å². The number of ether oxygens (including phenoxy) is 1. The van der Waals surface area contributed by atoms with E-state index in [1.165, 1.54) is 16.5 Å². The zero-order chi connectivity index (χ0) is 25.3. The highest BCUT2D eigenvalue weighted by Crippen LogP contribution is 2.25. The van der Waals surface area contributed by atoms with Crippen molar-refractivity contribution >= 4 is 22.5 Å². The number of aromatic amines is 1. The van der Waals surface area contributed by atoms with Gasteiger partial charge in [-0.15, -0.1) is 0 Å². The molecule has 0 aliphatic carbocycles. The fraction of sp³-hybridized carbons (Fsp3) is 0.500. The van der Waals surface area contributed by atoms with Crippen molar-refractivity contribution in [2.45, 2.75) is 52.0 Å². The maximum Gasteiger partial charge on any atom is 0.228 e. The predicted molar refractivity (Wildman–Crippen MR) is 149 cm³/mol. The molecule has 0 radical (unpaired) electrons. The average Bonchev–Trinajstić information content (AvgIpc) is 3.31. The Bertz CT molecular complexity index is 1090. The Kier molecular flexibility index (Phi) is 9.42. The molecule has 6 heteroatoms. The minimum atomic E-state index is 0.222. The first-order valence-electron chi connectivity index (χ1n) is 13.5. The number of hydrogen-bond acceptors (Lipinski definition) is 4. The molecule has 1 atom stereocenters. The molecule has 1 aliphatic rings. The molecule has 3 aromatic rings. The molecule has 194 valence electrons. The lowest BCUT2D eigenvalue weighted by atomic mass is 10.1. The number of piperazine rings is 1. The highest BCUT2D eigenvalue weighted by Gasteiger charge is 2.23. The first kappa shape index (κ1) is 26.2. The largest absolute Gasteiger partial charge is 0.497 e. The maximum absolute atomic E-state index is 13.2. The van der Waals surface area contributed by atoms with Crippen LogP contribution in [0.25, 0.3) is 10.9 Å². The molecule has 0 bridgehead atoms.